The highest BCUT2D eigenvalue weighted by Gasteiger charge is 2.20. The zero-order valence-corrected chi connectivity index (χ0v) is 12.2. The molecule has 0 saturated carbocycles. The molecule has 0 aliphatic heterocycles. The molecule has 2 aromatic carbocycles. The minimum atomic E-state index is -1.13. The van der Waals surface area contributed by atoms with E-state index >= 15 is 0 Å². The molecule has 116 valence electrons. The minimum Gasteiger partial charge on any atom is -0.423 e. The van der Waals surface area contributed by atoms with E-state index in [0.717, 1.165) is 12.1 Å². The first-order chi connectivity index (χ1) is 11.0. The maximum atomic E-state index is 14.0. The summed E-state index contributed by atoms with van der Waals surface area (Å²) in [6, 6.07) is 9.77. The normalized spacial score (nSPS) is 9.96. The Morgan fingerprint density at radius 3 is 2.35 bits per heavy atom. The lowest BCUT2D eigenvalue weighted by molar-refractivity contribution is 0.0724. The highest BCUT2D eigenvalue weighted by atomic mass is 19.1. The van der Waals surface area contributed by atoms with E-state index in [0.29, 0.717) is 24.0 Å². The second kappa shape index (κ2) is 7.32. The topological polar surface area (TPSA) is 50.1 Å². The molecule has 0 unspecified atom stereocenters. The summed E-state index contributed by atoms with van der Waals surface area (Å²) in [5, 5.41) is 8.69. The largest absolute Gasteiger partial charge is 0.423 e. The molecular weight excluding hydrogens is 300 g/mol. The Bertz CT molecular complexity index is 754. The van der Waals surface area contributed by atoms with Gasteiger partial charge in [-0.1, -0.05) is 6.08 Å². The van der Waals surface area contributed by atoms with Crippen molar-refractivity contribution in [2.75, 3.05) is 0 Å². The van der Waals surface area contributed by atoms with Gasteiger partial charge in [-0.25, -0.2) is 13.6 Å². The number of nitriles is 1. The van der Waals surface area contributed by atoms with E-state index in [4.69, 9.17) is 10.00 Å². The summed E-state index contributed by atoms with van der Waals surface area (Å²) in [6.45, 7) is 3.54. The van der Waals surface area contributed by atoms with E-state index in [1.165, 1.54) is 24.3 Å². The molecule has 0 saturated heterocycles. The van der Waals surface area contributed by atoms with Gasteiger partial charge < -0.3 is 4.74 Å². The molecule has 0 amide bonds. The number of nitrogens with zero attached hydrogens (tertiary/aromatic N) is 1. The number of carbonyl (C=O) groups is 1. The molecule has 5 heteroatoms. The van der Waals surface area contributed by atoms with Crippen molar-refractivity contribution in [2.24, 2.45) is 0 Å². The second-order valence-electron chi connectivity index (χ2n) is 4.79. The number of aryl methyl sites for hydroxylation is 1. The smallest absolute Gasteiger partial charge is 0.349 e. The number of esters is 1. The third-order valence-electron chi connectivity index (χ3n) is 3.14. The third-order valence-corrected chi connectivity index (χ3v) is 3.14. The van der Waals surface area contributed by atoms with Crippen LogP contribution in [0.2, 0.25) is 0 Å². The van der Waals surface area contributed by atoms with Crippen molar-refractivity contribution >= 4 is 5.97 Å². The second-order valence-corrected chi connectivity index (χ2v) is 4.79. The molecule has 3 nitrogen and oxygen atoms in total. The van der Waals surface area contributed by atoms with Crippen molar-refractivity contribution < 1.29 is 18.3 Å². The molecule has 0 fully saturated rings. The Kier molecular flexibility index (Phi) is 5.21. The van der Waals surface area contributed by atoms with Crippen molar-refractivity contribution in [3.05, 3.63) is 77.4 Å². The van der Waals surface area contributed by atoms with Gasteiger partial charge in [-0.15, -0.1) is 6.58 Å². The summed E-state index contributed by atoms with van der Waals surface area (Å²) in [7, 11) is 0. The van der Waals surface area contributed by atoms with E-state index in [-0.39, 0.29) is 5.75 Å². The number of benzene rings is 2. The van der Waals surface area contributed by atoms with Crippen LogP contribution >= 0.6 is 0 Å². The van der Waals surface area contributed by atoms with Gasteiger partial charge in [-0.2, -0.15) is 5.26 Å². The maximum absolute atomic E-state index is 14.0. The van der Waals surface area contributed by atoms with E-state index in [1.807, 2.05) is 6.07 Å². The molecule has 0 aliphatic rings. The Hall–Kier alpha value is -3.00. The quantitative estimate of drug-likeness (QED) is 0.473. The Morgan fingerprint density at radius 2 is 1.83 bits per heavy atom. The van der Waals surface area contributed by atoms with Crippen LogP contribution in [0.5, 0.6) is 5.75 Å². The summed E-state index contributed by atoms with van der Waals surface area (Å²) in [4.78, 5) is 12.0. The fourth-order valence-corrected chi connectivity index (χ4v) is 1.99. The molecule has 0 heterocycles. The van der Waals surface area contributed by atoms with Gasteiger partial charge in [0.2, 0.25) is 0 Å². The summed E-state index contributed by atoms with van der Waals surface area (Å²) in [5.74, 6) is -2.96. The summed E-state index contributed by atoms with van der Waals surface area (Å²) in [6.07, 6.45) is 2.65. The van der Waals surface area contributed by atoms with E-state index in [1.54, 1.807) is 6.08 Å². The standard InChI is InChI=1S/C18H13F2NO2/c1-2-3-4-13-9-15(19)17(16(20)10-13)18(22)23-14-7-5-12(11-21)6-8-14/h2,5-10H,1,3-4H2. The van der Waals surface area contributed by atoms with Crippen LogP contribution in [0.3, 0.4) is 0 Å². The third kappa shape index (κ3) is 4.01. The van der Waals surface area contributed by atoms with Crippen LogP contribution in [-0.4, -0.2) is 5.97 Å². The molecule has 0 atom stereocenters. The average Bonchev–Trinajstić information content (AvgIpc) is 2.53. The monoisotopic (exact) mass is 313 g/mol. The predicted octanol–water partition coefficient (Wildman–Crippen LogP) is 4.17. The molecular formula is C18H13F2NO2. The lowest BCUT2D eigenvalue weighted by Gasteiger charge is -2.08. The van der Waals surface area contributed by atoms with Gasteiger partial charge in [0.25, 0.3) is 0 Å². The fourth-order valence-electron chi connectivity index (χ4n) is 1.99. The maximum Gasteiger partial charge on any atom is 0.349 e. The molecule has 23 heavy (non-hydrogen) atoms. The predicted molar refractivity (Wildman–Crippen MR) is 81.0 cm³/mol. The van der Waals surface area contributed by atoms with Crippen LogP contribution in [0.4, 0.5) is 8.78 Å². The first kappa shape index (κ1) is 16.4. The number of allylic oxidation sites excluding steroid dienone is 1. The molecule has 2 rings (SSSR count). The number of carbonyl (C=O) groups excluding carboxylic acids is 1. The summed E-state index contributed by atoms with van der Waals surface area (Å²) >= 11 is 0. The molecule has 0 radical (unpaired) electrons. The van der Waals surface area contributed by atoms with Gasteiger partial charge in [0.05, 0.1) is 11.6 Å². The van der Waals surface area contributed by atoms with Crippen LogP contribution in [0.15, 0.2) is 49.1 Å². The lowest BCUT2D eigenvalue weighted by Crippen LogP contribution is -2.13. The van der Waals surface area contributed by atoms with Gasteiger partial charge in [0.15, 0.2) is 0 Å². The minimum absolute atomic E-state index is 0.100. The molecule has 0 aliphatic carbocycles. The number of hydrogen-bond donors (Lipinski definition) is 0. The SMILES string of the molecule is C=CCCc1cc(F)c(C(=O)Oc2ccc(C#N)cc2)c(F)c1. The van der Waals surface area contributed by atoms with E-state index in [9.17, 15) is 13.6 Å². The van der Waals surface area contributed by atoms with Gasteiger partial charge in [-0.3, -0.25) is 0 Å². The number of hydrogen-bond acceptors (Lipinski definition) is 3. The first-order valence-electron chi connectivity index (χ1n) is 6.86. The van der Waals surface area contributed by atoms with Gasteiger partial charge >= 0.3 is 5.97 Å². The van der Waals surface area contributed by atoms with Crippen LogP contribution in [0, 0.1) is 23.0 Å². The van der Waals surface area contributed by atoms with Crippen molar-refractivity contribution in [3.8, 4) is 11.8 Å². The number of halogens is 2. The van der Waals surface area contributed by atoms with Crippen molar-refractivity contribution in [3.63, 3.8) is 0 Å². The highest BCUT2D eigenvalue weighted by Crippen LogP contribution is 2.20. The van der Waals surface area contributed by atoms with Gasteiger partial charge in [-0.05, 0) is 54.8 Å². The van der Waals surface area contributed by atoms with Crippen LogP contribution < -0.4 is 4.74 Å². The summed E-state index contributed by atoms with van der Waals surface area (Å²) in [5.41, 5.74) is 0.0836. The van der Waals surface area contributed by atoms with Crippen molar-refractivity contribution in [1.82, 2.24) is 0 Å². The Labute approximate surface area is 132 Å². The van der Waals surface area contributed by atoms with Crippen LogP contribution in [0.1, 0.15) is 27.9 Å². The van der Waals surface area contributed by atoms with E-state index in [2.05, 4.69) is 6.58 Å². The number of rotatable bonds is 5. The van der Waals surface area contributed by atoms with Gasteiger partial charge in [0, 0.05) is 0 Å². The average molecular weight is 313 g/mol. The molecule has 0 bridgehead atoms. The lowest BCUT2D eigenvalue weighted by atomic mass is 10.1. The van der Waals surface area contributed by atoms with Crippen LogP contribution in [-0.2, 0) is 6.42 Å². The first-order valence-corrected chi connectivity index (χ1v) is 6.86. The number of ether oxygens (including phenoxy) is 1. The van der Waals surface area contributed by atoms with Crippen molar-refractivity contribution in [1.29, 1.82) is 5.26 Å². The Morgan fingerprint density at radius 1 is 1.22 bits per heavy atom. The zero-order chi connectivity index (χ0) is 16.8. The molecule has 0 N–H and O–H groups in total. The molecule has 0 aromatic heterocycles. The zero-order valence-electron chi connectivity index (χ0n) is 12.2. The van der Waals surface area contributed by atoms with Crippen molar-refractivity contribution in [2.45, 2.75) is 12.8 Å². The summed E-state index contributed by atoms with van der Waals surface area (Å²) < 4.78 is 32.9. The fraction of sp³-hybridized carbons (Fsp3) is 0.111. The van der Waals surface area contributed by atoms with E-state index < -0.39 is 23.2 Å². The highest BCUT2D eigenvalue weighted by molar-refractivity contribution is 5.91. The van der Waals surface area contributed by atoms with Gasteiger partial charge in [0.1, 0.15) is 22.9 Å². The Balaban J connectivity index is 2.21. The molecule has 2 aromatic rings. The van der Waals surface area contributed by atoms with Crippen LogP contribution in [0.25, 0.3) is 0 Å². The molecule has 0 spiro atoms.